The normalized spacial score (nSPS) is 21.3. The highest BCUT2D eigenvalue weighted by Crippen LogP contribution is 2.33. The van der Waals surface area contributed by atoms with Crippen molar-refractivity contribution in [2.45, 2.75) is 71.1 Å². The number of carbonyl (C=O) groups is 1. The number of aryl methyl sites for hydroxylation is 1. The van der Waals surface area contributed by atoms with E-state index < -0.39 is 13.0 Å². The van der Waals surface area contributed by atoms with Crippen LogP contribution in [0.25, 0.3) is 0 Å². The predicted molar refractivity (Wildman–Crippen MR) is 124 cm³/mol. The number of oxazole rings is 1. The highest BCUT2D eigenvalue weighted by Gasteiger charge is 2.24. The summed E-state index contributed by atoms with van der Waals surface area (Å²) in [7, 11) is 0. The van der Waals surface area contributed by atoms with Gasteiger partial charge in [-0.1, -0.05) is 18.9 Å². The molecule has 3 heterocycles. The van der Waals surface area contributed by atoms with Crippen molar-refractivity contribution in [1.29, 1.82) is 0 Å². The lowest BCUT2D eigenvalue weighted by molar-refractivity contribution is -0.119. The molecule has 2 aliphatic rings. The molecular weight excluding hydrogens is 440 g/mol. The van der Waals surface area contributed by atoms with Gasteiger partial charge in [-0.2, -0.15) is 0 Å². The molecule has 0 radical (unpaired) electrons. The number of hydrogen-bond donors (Lipinski definition) is 0. The third-order valence-corrected chi connectivity index (χ3v) is 7.14. The first-order chi connectivity index (χ1) is 16.4. The van der Waals surface area contributed by atoms with Gasteiger partial charge in [0, 0.05) is 44.6 Å². The van der Waals surface area contributed by atoms with E-state index >= 15 is 0 Å². The van der Waals surface area contributed by atoms with Crippen LogP contribution in [0.1, 0.15) is 61.4 Å². The van der Waals surface area contributed by atoms with Crippen LogP contribution in [-0.2, 0) is 24.1 Å². The van der Waals surface area contributed by atoms with Crippen LogP contribution in [0.5, 0.6) is 5.88 Å². The Labute approximate surface area is 200 Å². The number of pyridine rings is 1. The van der Waals surface area contributed by atoms with Crippen LogP contribution in [0.2, 0.25) is 0 Å². The number of ether oxygens (including phenoxy) is 1. The molecular formula is C26H35F2N3O3. The van der Waals surface area contributed by atoms with Crippen LogP contribution < -0.4 is 4.74 Å². The second-order valence-corrected chi connectivity index (χ2v) is 9.74. The molecule has 1 fully saturated rings. The Balaban J connectivity index is 1.15. The van der Waals surface area contributed by atoms with Gasteiger partial charge < -0.3 is 14.1 Å². The van der Waals surface area contributed by atoms with Crippen molar-refractivity contribution in [1.82, 2.24) is 14.9 Å². The molecule has 0 unspecified atom stereocenters. The summed E-state index contributed by atoms with van der Waals surface area (Å²) >= 11 is 0. The lowest BCUT2D eigenvalue weighted by Gasteiger charge is -2.30. The van der Waals surface area contributed by atoms with E-state index in [0.29, 0.717) is 36.3 Å². The Morgan fingerprint density at radius 2 is 1.94 bits per heavy atom. The predicted octanol–water partition coefficient (Wildman–Crippen LogP) is 4.82. The van der Waals surface area contributed by atoms with Gasteiger partial charge in [-0.25, -0.2) is 18.7 Å². The Morgan fingerprint density at radius 3 is 2.68 bits per heavy atom. The van der Waals surface area contributed by atoms with Crippen LogP contribution in [0, 0.1) is 18.8 Å². The molecule has 0 atom stereocenters. The first kappa shape index (κ1) is 24.8. The average molecular weight is 476 g/mol. The lowest BCUT2D eigenvalue weighted by atomic mass is 9.78. The highest BCUT2D eigenvalue weighted by atomic mass is 19.3. The summed E-state index contributed by atoms with van der Waals surface area (Å²) in [4.78, 5) is 23.4. The molecule has 186 valence electrons. The number of nitrogens with zero attached hydrogens (tertiary/aromatic N) is 3. The minimum absolute atomic E-state index is 0.250. The van der Waals surface area contributed by atoms with E-state index in [0.717, 1.165) is 56.9 Å². The van der Waals surface area contributed by atoms with Crippen molar-refractivity contribution in [2.75, 3.05) is 26.2 Å². The van der Waals surface area contributed by atoms with Gasteiger partial charge in [0.15, 0.2) is 12.5 Å². The molecule has 2 aromatic heterocycles. The first-order valence-corrected chi connectivity index (χ1v) is 12.5. The Bertz CT molecular complexity index is 941. The summed E-state index contributed by atoms with van der Waals surface area (Å²) in [6.45, 7) is 4.18. The number of rotatable bonds is 10. The van der Waals surface area contributed by atoms with Crippen LogP contribution in [-0.4, -0.2) is 53.3 Å². The van der Waals surface area contributed by atoms with Crippen molar-refractivity contribution in [3.8, 4) is 5.88 Å². The molecule has 1 aliphatic heterocycles. The standard InChI is InChI=1S/C26H35F2N3O3/c1-18-29-16-23(34-18)15-22(32)14-20-4-2-19(3-5-20)8-11-31-12-9-21-6-7-26(33-17-25(27)28)30-24(21)10-13-31/h6-7,16,19-20,25H,2-5,8-15,17H2,1H3. The Morgan fingerprint density at radius 1 is 1.18 bits per heavy atom. The summed E-state index contributed by atoms with van der Waals surface area (Å²) < 4.78 is 35.3. The van der Waals surface area contributed by atoms with Gasteiger partial charge in [0.05, 0.1) is 12.6 Å². The van der Waals surface area contributed by atoms with E-state index in [1.54, 1.807) is 19.2 Å². The molecule has 0 amide bonds. The van der Waals surface area contributed by atoms with E-state index in [9.17, 15) is 13.6 Å². The SMILES string of the molecule is Cc1ncc(CC(=O)CC2CCC(CCN3CCc4ccc(OCC(F)F)nc4CC3)CC2)o1. The van der Waals surface area contributed by atoms with Crippen molar-refractivity contribution in [3.05, 3.63) is 41.2 Å². The zero-order valence-corrected chi connectivity index (χ0v) is 20.0. The molecule has 8 heteroatoms. The Kier molecular flexibility index (Phi) is 8.64. The largest absolute Gasteiger partial charge is 0.472 e. The van der Waals surface area contributed by atoms with Gasteiger partial charge in [-0.3, -0.25) is 4.79 Å². The minimum Gasteiger partial charge on any atom is -0.472 e. The molecule has 6 nitrogen and oxygen atoms in total. The molecule has 4 rings (SSSR count). The molecule has 34 heavy (non-hydrogen) atoms. The maximum atomic E-state index is 12.4. The highest BCUT2D eigenvalue weighted by molar-refractivity contribution is 5.80. The summed E-state index contributed by atoms with van der Waals surface area (Å²) in [6.07, 6.45) is 7.74. The van der Waals surface area contributed by atoms with Crippen LogP contribution in [0.3, 0.4) is 0 Å². The molecule has 0 aromatic carbocycles. The molecule has 0 N–H and O–H groups in total. The topological polar surface area (TPSA) is 68.5 Å². The molecule has 1 aliphatic carbocycles. The van der Waals surface area contributed by atoms with Crippen LogP contribution >= 0.6 is 0 Å². The number of ketones is 1. The van der Waals surface area contributed by atoms with E-state index in [4.69, 9.17) is 9.15 Å². The quantitative estimate of drug-likeness (QED) is 0.491. The fraction of sp³-hybridized carbons (Fsp3) is 0.654. The van der Waals surface area contributed by atoms with Crippen LogP contribution in [0.15, 0.2) is 22.7 Å². The van der Waals surface area contributed by atoms with Gasteiger partial charge in [0.1, 0.15) is 11.5 Å². The summed E-state index contributed by atoms with van der Waals surface area (Å²) in [5.41, 5.74) is 2.16. The summed E-state index contributed by atoms with van der Waals surface area (Å²) in [5, 5.41) is 0. The van der Waals surface area contributed by atoms with E-state index in [2.05, 4.69) is 14.9 Å². The maximum absolute atomic E-state index is 12.4. The van der Waals surface area contributed by atoms with Gasteiger partial charge in [0.25, 0.3) is 6.43 Å². The minimum atomic E-state index is -2.49. The Hall–Kier alpha value is -2.35. The number of fused-ring (bicyclic) bond motifs is 1. The second-order valence-electron chi connectivity index (χ2n) is 9.74. The number of carbonyl (C=O) groups excluding carboxylic acids is 1. The van der Waals surface area contributed by atoms with Crippen molar-refractivity contribution in [2.24, 2.45) is 11.8 Å². The smallest absolute Gasteiger partial charge is 0.272 e. The third-order valence-electron chi connectivity index (χ3n) is 7.14. The van der Waals surface area contributed by atoms with Gasteiger partial charge in [-0.05, 0) is 49.6 Å². The number of Topliss-reactive ketones (excluding diaryl/α,β-unsaturated/α-hetero) is 1. The fourth-order valence-corrected chi connectivity index (χ4v) is 5.23. The summed E-state index contributed by atoms with van der Waals surface area (Å²) in [6, 6.07) is 3.67. The number of alkyl halides is 2. The van der Waals surface area contributed by atoms with Crippen molar-refractivity contribution in [3.63, 3.8) is 0 Å². The van der Waals surface area contributed by atoms with Gasteiger partial charge in [-0.15, -0.1) is 0 Å². The lowest BCUT2D eigenvalue weighted by Crippen LogP contribution is -2.29. The maximum Gasteiger partial charge on any atom is 0.272 e. The number of hydrogen-bond acceptors (Lipinski definition) is 6. The molecule has 0 saturated heterocycles. The van der Waals surface area contributed by atoms with E-state index in [1.807, 2.05) is 6.07 Å². The van der Waals surface area contributed by atoms with Crippen molar-refractivity contribution >= 4 is 5.78 Å². The zero-order valence-electron chi connectivity index (χ0n) is 20.0. The van der Waals surface area contributed by atoms with E-state index in [-0.39, 0.29) is 5.78 Å². The van der Waals surface area contributed by atoms with Crippen LogP contribution in [0.4, 0.5) is 8.78 Å². The van der Waals surface area contributed by atoms with Gasteiger partial charge >= 0.3 is 0 Å². The fourth-order valence-electron chi connectivity index (χ4n) is 5.23. The van der Waals surface area contributed by atoms with Crippen molar-refractivity contribution < 1.29 is 22.7 Å². The number of aromatic nitrogens is 2. The van der Waals surface area contributed by atoms with Gasteiger partial charge in [0.2, 0.25) is 5.88 Å². The molecule has 2 aromatic rings. The second kappa shape index (κ2) is 11.9. The molecule has 1 saturated carbocycles. The summed E-state index contributed by atoms with van der Waals surface area (Å²) in [5.74, 6) is 3.03. The number of halogens is 2. The average Bonchev–Trinajstić information content (AvgIpc) is 3.11. The first-order valence-electron chi connectivity index (χ1n) is 12.5. The molecule has 0 spiro atoms. The third kappa shape index (κ3) is 7.32. The monoisotopic (exact) mass is 475 g/mol. The van der Waals surface area contributed by atoms with E-state index in [1.165, 1.54) is 24.8 Å². The zero-order chi connectivity index (χ0) is 23.9. The molecule has 0 bridgehead atoms.